The van der Waals surface area contributed by atoms with Crippen molar-refractivity contribution in [2.75, 3.05) is 39.3 Å². The van der Waals surface area contributed by atoms with Crippen molar-refractivity contribution in [1.29, 1.82) is 0 Å². The largest absolute Gasteiger partial charge is 0.352 e. The van der Waals surface area contributed by atoms with Crippen molar-refractivity contribution in [2.45, 2.75) is 32.6 Å². The fourth-order valence-corrected chi connectivity index (χ4v) is 4.28. The zero-order chi connectivity index (χ0) is 18.6. The van der Waals surface area contributed by atoms with Crippen LogP contribution in [-0.4, -0.2) is 62.8 Å². The molecule has 1 fully saturated rings. The van der Waals surface area contributed by atoms with Gasteiger partial charge in [0.15, 0.2) is 0 Å². The van der Waals surface area contributed by atoms with Crippen molar-refractivity contribution in [1.82, 2.24) is 14.5 Å². The van der Waals surface area contributed by atoms with Crippen molar-refractivity contribution in [3.8, 4) is 0 Å². The van der Waals surface area contributed by atoms with Crippen molar-refractivity contribution in [3.63, 3.8) is 0 Å². The number of nitrogens with zero attached hydrogens (tertiary/aromatic N) is 2. The van der Waals surface area contributed by atoms with E-state index < -0.39 is 10.0 Å². The molecule has 1 aliphatic heterocycles. The van der Waals surface area contributed by atoms with Crippen molar-refractivity contribution in [2.24, 2.45) is 5.92 Å². The van der Waals surface area contributed by atoms with Gasteiger partial charge in [-0.25, -0.2) is 8.42 Å². The number of benzene rings is 1. The lowest BCUT2D eigenvalue weighted by Crippen LogP contribution is -2.48. The first-order valence-corrected chi connectivity index (χ1v) is 10.3. The lowest BCUT2D eigenvalue weighted by atomic mass is 10.1. The van der Waals surface area contributed by atoms with Crippen molar-refractivity contribution < 1.29 is 13.2 Å². The maximum absolute atomic E-state index is 12.9. The predicted octanol–water partition coefficient (Wildman–Crippen LogP) is 1.71. The molecule has 0 bridgehead atoms. The summed E-state index contributed by atoms with van der Waals surface area (Å²) < 4.78 is 27.3. The Labute approximate surface area is 151 Å². The third kappa shape index (κ3) is 4.80. The van der Waals surface area contributed by atoms with Gasteiger partial charge >= 0.3 is 0 Å². The number of sulfonamides is 1. The van der Waals surface area contributed by atoms with Gasteiger partial charge in [0.2, 0.25) is 10.0 Å². The van der Waals surface area contributed by atoms with Gasteiger partial charge in [-0.2, -0.15) is 4.31 Å². The van der Waals surface area contributed by atoms with Gasteiger partial charge in [-0.3, -0.25) is 4.79 Å². The number of likely N-dealkylation sites (N-methyl/N-ethyl adjacent to an activating group) is 1. The molecule has 25 heavy (non-hydrogen) atoms. The molecule has 0 aromatic heterocycles. The Balaban J connectivity index is 2.21. The van der Waals surface area contributed by atoms with E-state index in [1.807, 2.05) is 20.8 Å². The molecule has 2 rings (SSSR count). The molecular formula is C18H29N3O3S. The second-order valence-electron chi connectivity index (χ2n) is 6.92. The van der Waals surface area contributed by atoms with E-state index in [1.165, 1.54) is 10.4 Å². The Morgan fingerprint density at radius 3 is 2.40 bits per heavy atom. The number of hydrogen-bond acceptors (Lipinski definition) is 4. The Morgan fingerprint density at radius 2 is 1.84 bits per heavy atom. The minimum absolute atomic E-state index is 0.192. The molecule has 1 aliphatic rings. The van der Waals surface area contributed by atoms with E-state index in [1.54, 1.807) is 12.1 Å². The smallest absolute Gasteiger partial charge is 0.251 e. The minimum atomic E-state index is -3.57. The fraction of sp³-hybridized carbons (Fsp3) is 0.611. The average molecular weight is 368 g/mol. The average Bonchev–Trinajstić information content (AvgIpc) is 2.59. The first kappa shape index (κ1) is 19.9. The molecule has 0 spiro atoms. The Hall–Kier alpha value is -1.44. The van der Waals surface area contributed by atoms with E-state index in [0.717, 1.165) is 25.2 Å². The van der Waals surface area contributed by atoms with Crippen LogP contribution in [0.3, 0.4) is 0 Å². The molecule has 1 amide bonds. The van der Waals surface area contributed by atoms with E-state index in [4.69, 9.17) is 0 Å². The monoisotopic (exact) mass is 367 g/mol. The molecule has 0 radical (unpaired) electrons. The molecule has 0 saturated carbocycles. The highest BCUT2D eigenvalue weighted by Crippen LogP contribution is 2.21. The Kier molecular flexibility index (Phi) is 6.59. The van der Waals surface area contributed by atoms with Crippen LogP contribution in [0.15, 0.2) is 23.1 Å². The maximum Gasteiger partial charge on any atom is 0.251 e. The molecule has 7 heteroatoms. The predicted molar refractivity (Wildman–Crippen MR) is 99.2 cm³/mol. The normalized spacial score (nSPS) is 17.0. The molecule has 1 aromatic rings. The SMILES string of the molecule is CCN1CCN(S(=O)(=O)c2ccc(C)c(C(=O)NCC(C)C)c2)CC1. The zero-order valence-corrected chi connectivity index (χ0v) is 16.4. The summed E-state index contributed by atoms with van der Waals surface area (Å²) in [5.41, 5.74) is 1.20. The van der Waals surface area contributed by atoms with Gasteiger partial charge in [0, 0.05) is 38.3 Å². The van der Waals surface area contributed by atoms with Crippen LogP contribution in [0.4, 0.5) is 0 Å². The van der Waals surface area contributed by atoms with Gasteiger partial charge in [-0.15, -0.1) is 0 Å². The number of piperazine rings is 1. The van der Waals surface area contributed by atoms with Crippen LogP contribution in [0, 0.1) is 12.8 Å². The van der Waals surface area contributed by atoms with Gasteiger partial charge in [0.25, 0.3) is 5.91 Å². The number of aryl methyl sites for hydroxylation is 1. The highest BCUT2D eigenvalue weighted by Gasteiger charge is 2.28. The van der Waals surface area contributed by atoms with E-state index in [9.17, 15) is 13.2 Å². The van der Waals surface area contributed by atoms with Crippen LogP contribution in [0.2, 0.25) is 0 Å². The van der Waals surface area contributed by atoms with Gasteiger partial charge in [0.1, 0.15) is 0 Å². The highest BCUT2D eigenvalue weighted by atomic mass is 32.2. The second kappa shape index (κ2) is 8.29. The third-order valence-electron chi connectivity index (χ3n) is 4.54. The molecule has 1 saturated heterocycles. The van der Waals surface area contributed by atoms with Gasteiger partial charge < -0.3 is 10.2 Å². The number of carbonyl (C=O) groups excluding carboxylic acids is 1. The topological polar surface area (TPSA) is 69.7 Å². The molecule has 1 heterocycles. The molecule has 0 atom stereocenters. The first-order chi connectivity index (χ1) is 11.8. The molecule has 0 aliphatic carbocycles. The zero-order valence-electron chi connectivity index (χ0n) is 15.6. The summed E-state index contributed by atoms with van der Waals surface area (Å²) in [6, 6.07) is 4.81. The van der Waals surface area contributed by atoms with Crippen LogP contribution in [0.1, 0.15) is 36.7 Å². The number of rotatable bonds is 6. The summed E-state index contributed by atoms with van der Waals surface area (Å²) in [6.07, 6.45) is 0. The maximum atomic E-state index is 12.9. The standard InChI is InChI=1S/C18H29N3O3S/c1-5-20-8-10-21(11-9-20)25(23,24)16-7-6-15(4)17(12-16)18(22)19-13-14(2)3/h6-7,12,14H,5,8-11,13H2,1-4H3,(H,19,22). The van der Waals surface area contributed by atoms with E-state index in [2.05, 4.69) is 17.1 Å². The van der Waals surface area contributed by atoms with Crippen molar-refractivity contribution in [3.05, 3.63) is 29.3 Å². The quantitative estimate of drug-likeness (QED) is 0.831. The van der Waals surface area contributed by atoms with E-state index >= 15 is 0 Å². The summed E-state index contributed by atoms with van der Waals surface area (Å²) >= 11 is 0. The number of carbonyl (C=O) groups is 1. The van der Waals surface area contributed by atoms with Gasteiger partial charge in [-0.1, -0.05) is 26.8 Å². The van der Waals surface area contributed by atoms with Gasteiger partial charge in [-0.05, 0) is 37.1 Å². The van der Waals surface area contributed by atoms with E-state index in [-0.39, 0.29) is 10.8 Å². The molecule has 140 valence electrons. The summed E-state index contributed by atoms with van der Waals surface area (Å²) in [5.74, 6) is 0.116. The second-order valence-corrected chi connectivity index (χ2v) is 8.86. The van der Waals surface area contributed by atoms with Crippen LogP contribution >= 0.6 is 0 Å². The molecule has 1 aromatic carbocycles. The number of hydrogen-bond donors (Lipinski definition) is 1. The lowest BCUT2D eigenvalue weighted by Gasteiger charge is -2.33. The van der Waals surface area contributed by atoms with Crippen molar-refractivity contribution >= 4 is 15.9 Å². The van der Waals surface area contributed by atoms with Gasteiger partial charge in [0.05, 0.1) is 4.90 Å². The molecule has 6 nitrogen and oxygen atoms in total. The van der Waals surface area contributed by atoms with E-state index in [0.29, 0.717) is 31.1 Å². The summed E-state index contributed by atoms with van der Waals surface area (Å²) in [4.78, 5) is 14.8. The minimum Gasteiger partial charge on any atom is -0.352 e. The molecule has 1 N–H and O–H groups in total. The summed E-state index contributed by atoms with van der Waals surface area (Å²) in [5, 5.41) is 2.86. The number of amides is 1. The molecule has 0 unspecified atom stereocenters. The van der Waals surface area contributed by atoms with Crippen LogP contribution in [0.5, 0.6) is 0 Å². The lowest BCUT2D eigenvalue weighted by molar-refractivity contribution is 0.0948. The first-order valence-electron chi connectivity index (χ1n) is 8.87. The Bertz CT molecular complexity index is 708. The number of nitrogens with one attached hydrogen (secondary N) is 1. The highest BCUT2D eigenvalue weighted by molar-refractivity contribution is 7.89. The van der Waals surface area contributed by atoms with Crippen LogP contribution in [-0.2, 0) is 10.0 Å². The molecular weight excluding hydrogens is 338 g/mol. The third-order valence-corrected chi connectivity index (χ3v) is 6.44. The van der Waals surface area contributed by atoms with Crippen LogP contribution in [0.25, 0.3) is 0 Å². The fourth-order valence-electron chi connectivity index (χ4n) is 2.83. The Morgan fingerprint density at radius 1 is 1.20 bits per heavy atom. The summed E-state index contributed by atoms with van der Waals surface area (Å²) in [7, 11) is -3.57. The summed E-state index contributed by atoms with van der Waals surface area (Å²) in [6.45, 7) is 11.9. The van der Waals surface area contributed by atoms with Crippen LogP contribution < -0.4 is 5.32 Å².